The number of carbonyl (C=O) groups excluding carboxylic acids is 2. The van der Waals surface area contributed by atoms with Crippen molar-refractivity contribution in [3.63, 3.8) is 0 Å². The fourth-order valence-corrected chi connectivity index (χ4v) is 2.70. The maximum atomic E-state index is 12.8. The zero-order chi connectivity index (χ0) is 17.8. The highest BCUT2D eigenvalue weighted by Crippen LogP contribution is 2.24. The number of hydrogen-bond acceptors (Lipinski definition) is 3. The van der Waals surface area contributed by atoms with E-state index in [1.807, 2.05) is 54.6 Å². The zero-order valence-corrected chi connectivity index (χ0v) is 14.2. The summed E-state index contributed by atoms with van der Waals surface area (Å²) >= 11 is 0. The van der Waals surface area contributed by atoms with Crippen molar-refractivity contribution in [2.24, 2.45) is 0 Å². The van der Waals surface area contributed by atoms with Gasteiger partial charge in [0.25, 0.3) is 5.91 Å². The standard InChI is InChI=1S/C21H19NO3/c1-22(2)20(23)19(16-10-4-3-5-11-16)25-21(24)18-14-8-12-15-9-6-7-13-17(15)18/h3-14,19H,1-2H3/t19-/m1/s1. The van der Waals surface area contributed by atoms with Crippen molar-refractivity contribution < 1.29 is 14.3 Å². The lowest BCUT2D eigenvalue weighted by Gasteiger charge is -2.21. The second kappa shape index (κ2) is 7.18. The molecular formula is C21H19NO3. The quantitative estimate of drug-likeness (QED) is 0.682. The predicted molar refractivity (Wildman–Crippen MR) is 97.2 cm³/mol. The van der Waals surface area contributed by atoms with Crippen molar-refractivity contribution in [2.45, 2.75) is 6.10 Å². The van der Waals surface area contributed by atoms with Gasteiger partial charge in [0.05, 0.1) is 5.56 Å². The van der Waals surface area contributed by atoms with E-state index in [0.29, 0.717) is 11.1 Å². The maximum Gasteiger partial charge on any atom is 0.339 e. The minimum Gasteiger partial charge on any atom is -0.444 e. The Kier molecular flexibility index (Phi) is 4.80. The Morgan fingerprint density at radius 2 is 1.48 bits per heavy atom. The van der Waals surface area contributed by atoms with Crippen molar-refractivity contribution in [3.05, 3.63) is 83.9 Å². The molecule has 0 bridgehead atoms. The molecule has 126 valence electrons. The topological polar surface area (TPSA) is 46.6 Å². The molecule has 1 amide bonds. The number of hydrogen-bond donors (Lipinski definition) is 0. The molecule has 0 aliphatic rings. The van der Waals surface area contributed by atoms with E-state index in [9.17, 15) is 9.59 Å². The second-order valence-electron chi connectivity index (χ2n) is 5.96. The van der Waals surface area contributed by atoms with E-state index in [1.165, 1.54) is 4.90 Å². The molecule has 4 nitrogen and oxygen atoms in total. The van der Waals surface area contributed by atoms with Crippen LogP contribution in [0, 0.1) is 0 Å². The van der Waals surface area contributed by atoms with Gasteiger partial charge in [0, 0.05) is 19.7 Å². The van der Waals surface area contributed by atoms with Crippen LogP contribution in [-0.2, 0) is 9.53 Å². The lowest BCUT2D eigenvalue weighted by Crippen LogP contribution is -2.31. The van der Waals surface area contributed by atoms with E-state index in [1.54, 1.807) is 32.3 Å². The molecule has 25 heavy (non-hydrogen) atoms. The third-order valence-electron chi connectivity index (χ3n) is 4.00. The van der Waals surface area contributed by atoms with E-state index in [-0.39, 0.29) is 5.91 Å². The SMILES string of the molecule is CN(C)C(=O)[C@H](OC(=O)c1cccc2ccccc12)c1ccccc1. The molecule has 0 aliphatic heterocycles. The number of amides is 1. The monoisotopic (exact) mass is 333 g/mol. The van der Waals surface area contributed by atoms with Crippen LogP contribution in [0.25, 0.3) is 10.8 Å². The normalized spacial score (nSPS) is 11.8. The Bertz CT molecular complexity index is 898. The molecule has 4 heteroatoms. The highest BCUT2D eigenvalue weighted by molar-refractivity contribution is 6.05. The van der Waals surface area contributed by atoms with E-state index in [4.69, 9.17) is 4.74 Å². The number of nitrogens with zero attached hydrogens (tertiary/aromatic N) is 1. The summed E-state index contributed by atoms with van der Waals surface area (Å²) in [6, 6.07) is 22.1. The molecule has 3 aromatic rings. The Balaban J connectivity index is 1.96. The number of ether oxygens (including phenoxy) is 1. The Morgan fingerprint density at radius 1 is 0.840 bits per heavy atom. The molecule has 0 unspecified atom stereocenters. The molecule has 0 saturated heterocycles. The molecule has 0 aromatic heterocycles. The summed E-state index contributed by atoms with van der Waals surface area (Å²) in [7, 11) is 3.29. The highest BCUT2D eigenvalue weighted by atomic mass is 16.5. The second-order valence-corrected chi connectivity index (χ2v) is 5.96. The van der Waals surface area contributed by atoms with E-state index < -0.39 is 12.1 Å². The number of likely N-dealkylation sites (N-methyl/N-ethyl adjacent to an activating group) is 1. The first-order valence-electron chi connectivity index (χ1n) is 8.03. The molecular weight excluding hydrogens is 314 g/mol. The van der Waals surface area contributed by atoms with Gasteiger partial charge >= 0.3 is 5.97 Å². The Hall–Kier alpha value is -3.14. The fourth-order valence-electron chi connectivity index (χ4n) is 2.70. The molecule has 0 radical (unpaired) electrons. The van der Waals surface area contributed by atoms with Crippen LogP contribution in [0.1, 0.15) is 22.0 Å². The van der Waals surface area contributed by atoms with E-state index >= 15 is 0 Å². The number of benzene rings is 3. The lowest BCUT2D eigenvalue weighted by atomic mass is 10.0. The van der Waals surface area contributed by atoms with Crippen LogP contribution in [0.4, 0.5) is 0 Å². The van der Waals surface area contributed by atoms with E-state index in [0.717, 1.165) is 10.8 Å². The van der Waals surface area contributed by atoms with Crippen LogP contribution in [0.5, 0.6) is 0 Å². The molecule has 0 N–H and O–H groups in total. The van der Waals surface area contributed by atoms with Crippen molar-refractivity contribution >= 4 is 22.6 Å². The van der Waals surface area contributed by atoms with Gasteiger partial charge in [-0.05, 0) is 16.8 Å². The molecule has 1 atom stereocenters. The van der Waals surface area contributed by atoms with Gasteiger partial charge in [-0.3, -0.25) is 4.79 Å². The van der Waals surface area contributed by atoms with Crippen LogP contribution in [0.3, 0.4) is 0 Å². The third-order valence-corrected chi connectivity index (χ3v) is 4.00. The summed E-state index contributed by atoms with van der Waals surface area (Å²) in [4.78, 5) is 26.7. The first kappa shape index (κ1) is 16.7. The molecule has 3 aromatic carbocycles. The summed E-state index contributed by atoms with van der Waals surface area (Å²) in [5, 5.41) is 1.76. The Labute approximate surface area is 146 Å². The van der Waals surface area contributed by atoms with E-state index in [2.05, 4.69) is 0 Å². The summed E-state index contributed by atoms with van der Waals surface area (Å²) in [5.74, 6) is -0.791. The average Bonchev–Trinajstić information content (AvgIpc) is 2.65. The van der Waals surface area contributed by atoms with Crippen molar-refractivity contribution in [1.29, 1.82) is 0 Å². The first-order chi connectivity index (χ1) is 12.1. The Morgan fingerprint density at radius 3 is 2.20 bits per heavy atom. The largest absolute Gasteiger partial charge is 0.444 e. The van der Waals surface area contributed by atoms with Crippen molar-refractivity contribution in [1.82, 2.24) is 4.90 Å². The van der Waals surface area contributed by atoms with Crippen LogP contribution < -0.4 is 0 Å². The summed E-state index contributed by atoms with van der Waals surface area (Å²) < 4.78 is 5.62. The zero-order valence-electron chi connectivity index (χ0n) is 14.2. The number of carbonyl (C=O) groups is 2. The van der Waals surface area contributed by atoms with Gasteiger partial charge in [-0.15, -0.1) is 0 Å². The minimum atomic E-state index is -0.970. The third kappa shape index (κ3) is 3.53. The van der Waals surface area contributed by atoms with Gasteiger partial charge < -0.3 is 9.64 Å². The van der Waals surface area contributed by atoms with Crippen LogP contribution in [0.2, 0.25) is 0 Å². The molecule has 3 rings (SSSR count). The molecule has 0 fully saturated rings. The molecule has 0 spiro atoms. The van der Waals surface area contributed by atoms with Gasteiger partial charge in [-0.25, -0.2) is 4.79 Å². The average molecular weight is 333 g/mol. The predicted octanol–water partition coefficient (Wildman–Crippen LogP) is 3.83. The highest BCUT2D eigenvalue weighted by Gasteiger charge is 2.27. The maximum absolute atomic E-state index is 12.8. The van der Waals surface area contributed by atoms with Gasteiger partial charge in [0.2, 0.25) is 6.10 Å². The van der Waals surface area contributed by atoms with Crippen molar-refractivity contribution in [2.75, 3.05) is 14.1 Å². The number of fused-ring (bicyclic) bond motifs is 1. The minimum absolute atomic E-state index is 0.278. The van der Waals surface area contributed by atoms with Gasteiger partial charge in [-0.1, -0.05) is 66.7 Å². The van der Waals surface area contributed by atoms with Crippen molar-refractivity contribution in [3.8, 4) is 0 Å². The lowest BCUT2D eigenvalue weighted by molar-refractivity contribution is -0.138. The number of rotatable bonds is 4. The molecule has 0 heterocycles. The van der Waals surface area contributed by atoms with Gasteiger partial charge in [0.1, 0.15) is 0 Å². The van der Waals surface area contributed by atoms with Gasteiger partial charge in [-0.2, -0.15) is 0 Å². The van der Waals surface area contributed by atoms with Crippen LogP contribution >= 0.6 is 0 Å². The molecule has 0 saturated carbocycles. The summed E-state index contributed by atoms with van der Waals surface area (Å²) in [6.45, 7) is 0. The smallest absolute Gasteiger partial charge is 0.339 e. The van der Waals surface area contributed by atoms with Crippen LogP contribution in [0.15, 0.2) is 72.8 Å². The fraction of sp³-hybridized carbons (Fsp3) is 0.143. The first-order valence-corrected chi connectivity index (χ1v) is 8.03. The van der Waals surface area contributed by atoms with Crippen LogP contribution in [-0.4, -0.2) is 30.9 Å². The molecule has 0 aliphatic carbocycles. The summed E-state index contributed by atoms with van der Waals surface area (Å²) in [6.07, 6.45) is -0.970. The van der Waals surface area contributed by atoms with Gasteiger partial charge in [0.15, 0.2) is 0 Å². The number of esters is 1. The summed E-state index contributed by atoms with van der Waals surface area (Å²) in [5.41, 5.74) is 1.10.